The third kappa shape index (κ3) is 2.84. The quantitative estimate of drug-likeness (QED) is 0.902. The Bertz CT molecular complexity index is 540. The Hall–Kier alpha value is -1.95. The number of aryl methyl sites for hydroxylation is 1. The number of hydrogen-bond donors (Lipinski definition) is 1. The molecule has 0 bridgehead atoms. The normalized spacial score (nSPS) is 12.4. The first kappa shape index (κ1) is 12.5. The van der Waals surface area contributed by atoms with Crippen molar-refractivity contribution in [1.29, 1.82) is 0 Å². The lowest BCUT2D eigenvalue weighted by Gasteiger charge is -2.12. The molecule has 6 heteroatoms. The number of benzene rings is 1. The summed E-state index contributed by atoms with van der Waals surface area (Å²) in [6.45, 7) is 3.28. The topological polar surface area (TPSA) is 68.4 Å². The van der Waals surface area contributed by atoms with E-state index >= 15 is 0 Å². The van der Waals surface area contributed by atoms with Crippen LogP contribution in [-0.4, -0.2) is 15.3 Å². The zero-order valence-corrected chi connectivity index (χ0v) is 10.1. The van der Waals surface area contributed by atoms with Gasteiger partial charge in [-0.15, -0.1) is 10.2 Å². The van der Waals surface area contributed by atoms with E-state index in [-0.39, 0.29) is 12.4 Å². The van der Waals surface area contributed by atoms with Crippen molar-refractivity contribution in [2.75, 3.05) is 0 Å². The van der Waals surface area contributed by atoms with E-state index in [4.69, 9.17) is 9.15 Å². The van der Waals surface area contributed by atoms with E-state index in [9.17, 15) is 9.50 Å². The van der Waals surface area contributed by atoms with E-state index in [1.807, 2.05) is 0 Å². The highest BCUT2D eigenvalue weighted by atomic mass is 19.1. The molecule has 0 amide bonds. The van der Waals surface area contributed by atoms with E-state index in [1.165, 1.54) is 18.2 Å². The average Bonchev–Trinajstić information content (AvgIpc) is 2.72. The molecule has 1 heterocycles. The van der Waals surface area contributed by atoms with Crippen molar-refractivity contribution in [2.45, 2.75) is 26.6 Å². The number of hydrogen-bond acceptors (Lipinski definition) is 5. The van der Waals surface area contributed by atoms with E-state index in [0.29, 0.717) is 17.3 Å². The average molecular weight is 252 g/mol. The molecule has 2 aromatic rings. The van der Waals surface area contributed by atoms with E-state index < -0.39 is 11.9 Å². The van der Waals surface area contributed by atoms with Crippen molar-refractivity contribution in [3.63, 3.8) is 0 Å². The van der Waals surface area contributed by atoms with Gasteiger partial charge in [-0.05, 0) is 19.1 Å². The second kappa shape index (κ2) is 5.14. The fourth-order valence-electron chi connectivity index (χ4n) is 1.51. The Labute approximate surface area is 103 Å². The van der Waals surface area contributed by atoms with E-state index in [1.54, 1.807) is 13.8 Å². The fraction of sp³-hybridized carbons (Fsp3) is 0.333. The maximum atomic E-state index is 13.1. The fourth-order valence-corrected chi connectivity index (χ4v) is 1.51. The number of halogens is 1. The summed E-state index contributed by atoms with van der Waals surface area (Å²) in [4.78, 5) is 0. The lowest BCUT2D eigenvalue weighted by molar-refractivity contribution is 0.186. The monoisotopic (exact) mass is 252 g/mol. The Morgan fingerprint density at radius 2 is 2.22 bits per heavy atom. The first-order valence-corrected chi connectivity index (χ1v) is 5.45. The van der Waals surface area contributed by atoms with Crippen molar-refractivity contribution in [3.8, 4) is 5.75 Å². The predicted octanol–water partition coefficient (Wildman–Crippen LogP) is 2.15. The maximum Gasteiger partial charge on any atom is 0.253 e. The molecule has 0 saturated heterocycles. The summed E-state index contributed by atoms with van der Waals surface area (Å²) in [5, 5.41) is 17.0. The molecule has 0 aliphatic carbocycles. The molecule has 0 spiro atoms. The van der Waals surface area contributed by atoms with Gasteiger partial charge in [-0.2, -0.15) is 0 Å². The minimum Gasteiger partial charge on any atom is -0.483 e. The summed E-state index contributed by atoms with van der Waals surface area (Å²) in [6, 6.07) is 3.96. The van der Waals surface area contributed by atoms with Gasteiger partial charge in [0.1, 0.15) is 11.6 Å². The molecule has 0 aliphatic rings. The SMILES string of the molecule is Cc1nnc(COc2cc(F)ccc2[C@@H](C)O)o1. The molecule has 0 unspecified atom stereocenters. The Balaban J connectivity index is 2.15. The molecule has 1 N–H and O–H groups in total. The van der Waals surface area contributed by atoms with Crippen LogP contribution in [0.1, 0.15) is 30.4 Å². The molecule has 0 saturated carbocycles. The zero-order valence-electron chi connectivity index (χ0n) is 10.1. The lowest BCUT2D eigenvalue weighted by Crippen LogP contribution is -2.02. The molecular weight excluding hydrogens is 239 g/mol. The van der Waals surface area contributed by atoms with Gasteiger partial charge in [0.2, 0.25) is 5.89 Å². The molecule has 5 nitrogen and oxygen atoms in total. The molecular formula is C12H13FN2O3. The smallest absolute Gasteiger partial charge is 0.253 e. The molecule has 0 aliphatic heterocycles. The van der Waals surface area contributed by atoms with Gasteiger partial charge in [0.05, 0.1) is 6.10 Å². The summed E-state index contributed by atoms with van der Waals surface area (Å²) in [7, 11) is 0. The van der Waals surface area contributed by atoms with Crippen LogP contribution in [0.15, 0.2) is 22.6 Å². The second-order valence-electron chi connectivity index (χ2n) is 3.86. The van der Waals surface area contributed by atoms with Crippen molar-refractivity contribution >= 4 is 0 Å². The third-order valence-corrected chi connectivity index (χ3v) is 2.34. The van der Waals surface area contributed by atoms with Gasteiger partial charge in [0.15, 0.2) is 6.61 Å². The Morgan fingerprint density at radius 1 is 1.44 bits per heavy atom. The lowest BCUT2D eigenvalue weighted by atomic mass is 10.1. The highest BCUT2D eigenvalue weighted by Crippen LogP contribution is 2.26. The molecule has 1 aromatic carbocycles. The Kier molecular flexibility index (Phi) is 3.57. The molecule has 2 rings (SSSR count). The van der Waals surface area contributed by atoms with E-state index in [2.05, 4.69) is 10.2 Å². The van der Waals surface area contributed by atoms with Crippen LogP contribution in [0.25, 0.3) is 0 Å². The van der Waals surface area contributed by atoms with Crippen LogP contribution in [0.4, 0.5) is 4.39 Å². The minimum absolute atomic E-state index is 0.0318. The van der Waals surface area contributed by atoms with Gasteiger partial charge in [0, 0.05) is 18.6 Å². The largest absolute Gasteiger partial charge is 0.483 e. The highest BCUT2D eigenvalue weighted by molar-refractivity contribution is 5.35. The molecule has 0 fully saturated rings. The number of aromatic nitrogens is 2. The number of nitrogens with zero attached hydrogens (tertiary/aromatic N) is 2. The number of rotatable bonds is 4. The van der Waals surface area contributed by atoms with Gasteiger partial charge in [-0.3, -0.25) is 0 Å². The summed E-state index contributed by atoms with van der Waals surface area (Å²) >= 11 is 0. The van der Waals surface area contributed by atoms with Crippen molar-refractivity contribution in [3.05, 3.63) is 41.4 Å². The number of ether oxygens (including phenoxy) is 1. The molecule has 96 valence electrons. The van der Waals surface area contributed by atoms with Gasteiger partial charge in [0.25, 0.3) is 5.89 Å². The van der Waals surface area contributed by atoms with Crippen LogP contribution in [0.2, 0.25) is 0 Å². The third-order valence-electron chi connectivity index (χ3n) is 2.34. The highest BCUT2D eigenvalue weighted by Gasteiger charge is 2.12. The Morgan fingerprint density at radius 3 is 2.83 bits per heavy atom. The minimum atomic E-state index is -0.745. The summed E-state index contributed by atoms with van der Waals surface area (Å²) in [5.74, 6) is 0.564. The second-order valence-corrected chi connectivity index (χ2v) is 3.86. The standard InChI is InChI=1S/C12H13FN2O3/c1-7(16)10-4-3-9(13)5-11(10)17-6-12-15-14-8(2)18-12/h3-5,7,16H,6H2,1-2H3/t7-/m1/s1. The van der Waals surface area contributed by atoms with Crippen LogP contribution in [-0.2, 0) is 6.61 Å². The van der Waals surface area contributed by atoms with Crippen molar-refractivity contribution < 1.29 is 18.7 Å². The molecule has 1 atom stereocenters. The number of aliphatic hydroxyl groups excluding tert-OH is 1. The van der Waals surface area contributed by atoms with Crippen LogP contribution in [0.3, 0.4) is 0 Å². The zero-order chi connectivity index (χ0) is 13.1. The van der Waals surface area contributed by atoms with Gasteiger partial charge < -0.3 is 14.3 Å². The number of aliphatic hydroxyl groups is 1. The van der Waals surface area contributed by atoms with Crippen molar-refractivity contribution in [1.82, 2.24) is 10.2 Å². The first-order valence-electron chi connectivity index (χ1n) is 5.45. The van der Waals surface area contributed by atoms with Gasteiger partial charge in [-0.1, -0.05) is 0 Å². The molecule has 1 aromatic heterocycles. The van der Waals surface area contributed by atoms with Crippen LogP contribution < -0.4 is 4.74 Å². The van der Waals surface area contributed by atoms with E-state index in [0.717, 1.165) is 0 Å². The maximum absolute atomic E-state index is 13.1. The molecule has 0 radical (unpaired) electrons. The van der Waals surface area contributed by atoms with Crippen LogP contribution in [0.5, 0.6) is 5.75 Å². The summed E-state index contributed by atoms with van der Waals surface area (Å²) in [6.07, 6.45) is -0.745. The van der Waals surface area contributed by atoms with Gasteiger partial charge >= 0.3 is 0 Å². The summed E-state index contributed by atoms with van der Waals surface area (Å²) < 4.78 is 23.6. The summed E-state index contributed by atoms with van der Waals surface area (Å²) in [5.41, 5.74) is 0.507. The van der Waals surface area contributed by atoms with Crippen LogP contribution in [0, 0.1) is 12.7 Å². The molecule has 18 heavy (non-hydrogen) atoms. The predicted molar refractivity (Wildman–Crippen MR) is 60.4 cm³/mol. The van der Waals surface area contributed by atoms with Crippen molar-refractivity contribution in [2.24, 2.45) is 0 Å². The first-order chi connectivity index (χ1) is 8.56. The van der Waals surface area contributed by atoms with Gasteiger partial charge in [-0.25, -0.2) is 4.39 Å². The van der Waals surface area contributed by atoms with Crippen LogP contribution >= 0.6 is 0 Å².